The lowest BCUT2D eigenvalue weighted by Crippen LogP contribution is -2.34. The molecule has 1 saturated heterocycles. The van der Waals surface area contributed by atoms with Crippen LogP contribution in [0.15, 0.2) is 54.9 Å². The van der Waals surface area contributed by atoms with E-state index in [-0.39, 0.29) is 5.91 Å². The maximum absolute atomic E-state index is 13.3. The van der Waals surface area contributed by atoms with Crippen LogP contribution in [0.1, 0.15) is 42.5 Å². The highest BCUT2D eigenvalue weighted by molar-refractivity contribution is 6.07. The van der Waals surface area contributed by atoms with E-state index in [0.717, 1.165) is 53.7 Å². The second kappa shape index (κ2) is 7.65. The summed E-state index contributed by atoms with van der Waals surface area (Å²) >= 11 is 0. The molecule has 1 aromatic carbocycles. The van der Waals surface area contributed by atoms with Crippen LogP contribution in [0, 0.1) is 0 Å². The van der Waals surface area contributed by atoms with E-state index in [1.54, 1.807) is 12.4 Å². The average molecular weight is 345 g/mol. The minimum Gasteiger partial charge on any atom is -0.339 e. The van der Waals surface area contributed by atoms with Gasteiger partial charge in [-0.25, -0.2) is 4.98 Å². The van der Waals surface area contributed by atoms with E-state index in [1.165, 1.54) is 19.3 Å². The molecule has 3 aromatic rings. The molecule has 1 amide bonds. The van der Waals surface area contributed by atoms with Crippen molar-refractivity contribution in [3.8, 4) is 11.3 Å². The maximum atomic E-state index is 13.3. The second-order valence-electron chi connectivity index (χ2n) is 6.87. The van der Waals surface area contributed by atoms with Crippen molar-refractivity contribution in [2.45, 2.75) is 32.1 Å². The molecule has 0 bridgehead atoms. The van der Waals surface area contributed by atoms with Gasteiger partial charge in [-0.05, 0) is 37.1 Å². The lowest BCUT2D eigenvalue weighted by Gasteiger charge is -2.25. The Balaban J connectivity index is 1.78. The molecule has 1 fully saturated rings. The fourth-order valence-electron chi connectivity index (χ4n) is 3.64. The number of aromatic nitrogens is 2. The highest BCUT2D eigenvalue weighted by Gasteiger charge is 2.20. The number of pyridine rings is 2. The van der Waals surface area contributed by atoms with Crippen LogP contribution in [0.3, 0.4) is 0 Å². The molecule has 26 heavy (non-hydrogen) atoms. The summed E-state index contributed by atoms with van der Waals surface area (Å²) in [7, 11) is 0. The zero-order chi connectivity index (χ0) is 17.8. The Hall–Kier alpha value is -2.75. The van der Waals surface area contributed by atoms with Crippen LogP contribution in [0.5, 0.6) is 0 Å². The lowest BCUT2D eigenvalue weighted by molar-refractivity contribution is 0.0744. The number of nitrogens with zero attached hydrogens (tertiary/aromatic N) is 3. The molecule has 1 aliphatic rings. The van der Waals surface area contributed by atoms with Crippen molar-refractivity contribution in [1.82, 2.24) is 14.9 Å². The van der Waals surface area contributed by atoms with Crippen LogP contribution < -0.4 is 0 Å². The summed E-state index contributed by atoms with van der Waals surface area (Å²) in [6.07, 6.45) is 9.42. The highest BCUT2D eigenvalue weighted by Crippen LogP contribution is 2.26. The molecule has 0 saturated carbocycles. The second-order valence-corrected chi connectivity index (χ2v) is 6.87. The first-order valence-electron chi connectivity index (χ1n) is 9.42. The highest BCUT2D eigenvalue weighted by atomic mass is 16.2. The number of carbonyl (C=O) groups excluding carboxylic acids is 1. The summed E-state index contributed by atoms with van der Waals surface area (Å²) in [6.45, 7) is 1.69. The van der Waals surface area contributed by atoms with Crippen molar-refractivity contribution in [2.75, 3.05) is 13.1 Å². The van der Waals surface area contributed by atoms with Gasteiger partial charge in [0.25, 0.3) is 5.91 Å². The molecular weight excluding hydrogens is 322 g/mol. The molecule has 0 N–H and O–H groups in total. The first-order valence-corrected chi connectivity index (χ1v) is 9.42. The fourth-order valence-corrected chi connectivity index (χ4v) is 3.64. The molecule has 4 heteroatoms. The Morgan fingerprint density at radius 3 is 2.46 bits per heavy atom. The van der Waals surface area contributed by atoms with Crippen LogP contribution in [-0.2, 0) is 0 Å². The predicted octanol–water partition coefficient (Wildman–Crippen LogP) is 4.70. The SMILES string of the molecule is O=C(c1cc(-c2cccnc2)nc2ccccc12)N1CCCCCCC1. The minimum atomic E-state index is 0.121. The molecule has 0 unspecified atom stereocenters. The summed E-state index contributed by atoms with van der Waals surface area (Å²) in [5, 5.41) is 0.923. The first-order chi connectivity index (χ1) is 12.8. The molecule has 0 aliphatic carbocycles. The average Bonchev–Trinajstić information content (AvgIpc) is 2.67. The van der Waals surface area contributed by atoms with Gasteiger partial charge >= 0.3 is 0 Å². The zero-order valence-corrected chi connectivity index (χ0v) is 14.9. The van der Waals surface area contributed by atoms with E-state index in [4.69, 9.17) is 4.98 Å². The van der Waals surface area contributed by atoms with Gasteiger partial charge in [-0.1, -0.05) is 37.5 Å². The number of fused-ring (bicyclic) bond motifs is 1. The molecule has 1 aliphatic heterocycles. The van der Waals surface area contributed by atoms with Crippen LogP contribution in [0.2, 0.25) is 0 Å². The third kappa shape index (κ3) is 3.45. The van der Waals surface area contributed by atoms with Gasteiger partial charge in [0.1, 0.15) is 0 Å². The Kier molecular flexibility index (Phi) is 4.91. The molecule has 2 aromatic heterocycles. The first kappa shape index (κ1) is 16.7. The molecule has 4 rings (SSSR count). The number of hydrogen-bond acceptors (Lipinski definition) is 3. The van der Waals surface area contributed by atoms with E-state index < -0.39 is 0 Å². The predicted molar refractivity (Wildman–Crippen MR) is 104 cm³/mol. The van der Waals surface area contributed by atoms with Gasteiger partial charge in [-0.3, -0.25) is 9.78 Å². The Morgan fingerprint density at radius 1 is 0.923 bits per heavy atom. The van der Waals surface area contributed by atoms with E-state index in [2.05, 4.69) is 4.98 Å². The smallest absolute Gasteiger partial charge is 0.254 e. The van der Waals surface area contributed by atoms with Gasteiger partial charge in [-0.2, -0.15) is 0 Å². The summed E-state index contributed by atoms with van der Waals surface area (Å²) < 4.78 is 0. The normalized spacial score (nSPS) is 15.5. The third-order valence-corrected chi connectivity index (χ3v) is 5.05. The van der Waals surface area contributed by atoms with Crippen LogP contribution >= 0.6 is 0 Å². The number of hydrogen-bond donors (Lipinski definition) is 0. The number of amides is 1. The van der Waals surface area contributed by atoms with Gasteiger partial charge < -0.3 is 4.90 Å². The number of para-hydroxylation sites is 1. The molecule has 132 valence electrons. The topological polar surface area (TPSA) is 46.1 Å². The van der Waals surface area contributed by atoms with E-state index in [9.17, 15) is 4.79 Å². The van der Waals surface area contributed by atoms with Crippen molar-refractivity contribution in [3.05, 3.63) is 60.4 Å². The van der Waals surface area contributed by atoms with Crippen molar-refractivity contribution in [2.24, 2.45) is 0 Å². The van der Waals surface area contributed by atoms with Gasteiger partial charge in [-0.15, -0.1) is 0 Å². The van der Waals surface area contributed by atoms with E-state index >= 15 is 0 Å². The molecule has 0 radical (unpaired) electrons. The van der Waals surface area contributed by atoms with Gasteiger partial charge in [0.05, 0.1) is 16.8 Å². The van der Waals surface area contributed by atoms with Crippen molar-refractivity contribution >= 4 is 16.8 Å². The molecule has 4 nitrogen and oxygen atoms in total. The quantitative estimate of drug-likeness (QED) is 0.676. The van der Waals surface area contributed by atoms with Gasteiger partial charge in [0, 0.05) is 36.4 Å². The largest absolute Gasteiger partial charge is 0.339 e. The number of benzene rings is 1. The number of rotatable bonds is 2. The van der Waals surface area contributed by atoms with Crippen LogP contribution in [0.25, 0.3) is 22.2 Å². The van der Waals surface area contributed by atoms with E-state index in [0.29, 0.717) is 0 Å². The molecule has 3 heterocycles. The van der Waals surface area contributed by atoms with Crippen molar-refractivity contribution in [3.63, 3.8) is 0 Å². The standard InChI is InChI=1S/C22H23N3O/c26-22(25-13-6-2-1-3-7-14-25)19-15-21(17-9-8-12-23-16-17)24-20-11-5-4-10-18(19)20/h4-5,8-12,15-16H,1-3,6-7,13-14H2. The zero-order valence-electron chi connectivity index (χ0n) is 14.9. The van der Waals surface area contributed by atoms with Crippen LogP contribution in [-0.4, -0.2) is 33.9 Å². The Bertz CT molecular complexity index is 900. The minimum absolute atomic E-state index is 0.121. The summed E-state index contributed by atoms with van der Waals surface area (Å²) in [4.78, 5) is 24.3. The van der Waals surface area contributed by atoms with Gasteiger partial charge in [0.2, 0.25) is 0 Å². The van der Waals surface area contributed by atoms with Crippen molar-refractivity contribution < 1.29 is 4.79 Å². The van der Waals surface area contributed by atoms with Crippen LogP contribution in [0.4, 0.5) is 0 Å². The monoisotopic (exact) mass is 345 g/mol. The molecular formula is C22H23N3O. The molecule has 0 spiro atoms. The van der Waals surface area contributed by atoms with Gasteiger partial charge in [0.15, 0.2) is 0 Å². The lowest BCUT2D eigenvalue weighted by atomic mass is 10.0. The summed E-state index contributed by atoms with van der Waals surface area (Å²) in [6, 6.07) is 13.7. The van der Waals surface area contributed by atoms with E-state index in [1.807, 2.05) is 47.4 Å². The third-order valence-electron chi connectivity index (χ3n) is 5.05. The maximum Gasteiger partial charge on any atom is 0.254 e. The summed E-state index contributed by atoms with van der Waals surface area (Å²) in [5.41, 5.74) is 3.33. The number of carbonyl (C=O) groups is 1. The number of likely N-dealkylation sites (tertiary alicyclic amines) is 1. The molecule has 0 atom stereocenters. The fraction of sp³-hybridized carbons (Fsp3) is 0.318. The van der Waals surface area contributed by atoms with Crippen molar-refractivity contribution in [1.29, 1.82) is 0 Å². The Morgan fingerprint density at radius 2 is 1.69 bits per heavy atom. The summed E-state index contributed by atoms with van der Waals surface area (Å²) in [5.74, 6) is 0.121. The Labute approximate surface area is 153 Å².